The van der Waals surface area contributed by atoms with Crippen LogP contribution in [-0.4, -0.2) is 46.7 Å². The topological polar surface area (TPSA) is 54.4 Å². The second-order valence-corrected chi connectivity index (χ2v) is 13.3. The van der Waals surface area contributed by atoms with Gasteiger partial charge in [-0.15, -0.1) is 0 Å². The van der Waals surface area contributed by atoms with E-state index in [1.807, 2.05) is 36.6 Å². The van der Waals surface area contributed by atoms with Gasteiger partial charge in [-0.25, -0.2) is 15.0 Å². The number of rotatable bonds is 14. The van der Waals surface area contributed by atoms with Crippen LogP contribution in [0, 0.1) is 5.92 Å². The molecule has 2 heterocycles. The zero-order valence-electron chi connectivity index (χ0n) is 27.8. The third kappa shape index (κ3) is 9.09. The van der Waals surface area contributed by atoms with Crippen LogP contribution in [0.15, 0.2) is 60.9 Å². The van der Waals surface area contributed by atoms with E-state index < -0.39 is 29.5 Å². The molecule has 49 heavy (non-hydrogen) atoms. The van der Waals surface area contributed by atoms with Gasteiger partial charge in [-0.05, 0) is 74.3 Å². The lowest BCUT2D eigenvalue weighted by Gasteiger charge is -2.34. The van der Waals surface area contributed by atoms with Crippen molar-refractivity contribution in [2.75, 3.05) is 41.5 Å². The highest BCUT2D eigenvalue weighted by Crippen LogP contribution is 2.41. The number of thioether (sulfide) groups is 1. The lowest BCUT2D eigenvalue weighted by atomic mass is 9.96. The third-order valence-corrected chi connectivity index (χ3v) is 9.52. The SMILES string of the molecule is CCC(c1cc(C(F)(F)F)cc(C(F)(F)F)c1)N(Cc1cc2ccccc2nc1N(CC)CC1CCCC1)c1ncc(OCCSC)cn1. The number of hydrogen-bond donors (Lipinski definition) is 0. The lowest BCUT2D eigenvalue weighted by molar-refractivity contribution is -0.143. The number of halogens is 6. The molecule has 1 unspecified atom stereocenters. The van der Waals surface area contributed by atoms with Crippen molar-refractivity contribution < 1.29 is 31.1 Å². The number of hydrogen-bond acceptors (Lipinski definition) is 7. The molecule has 0 aliphatic heterocycles. The molecule has 0 amide bonds. The molecule has 0 radical (unpaired) electrons. The maximum absolute atomic E-state index is 14.0. The Morgan fingerprint density at radius 3 is 2.16 bits per heavy atom. The van der Waals surface area contributed by atoms with Gasteiger partial charge >= 0.3 is 12.4 Å². The van der Waals surface area contributed by atoms with Gasteiger partial charge < -0.3 is 14.5 Å². The Bertz CT molecular complexity index is 1650. The molecule has 1 saturated carbocycles. The number of nitrogens with zero attached hydrogens (tertiary/aromatic N) is 5. The van der Waals surface area contributed by atoms with Crippen molar-refractivity contribution in [1.29, 1.82) is 0 Å². The monoisotopic (exact) mass is 705 g/mol. The lowest BCUT2D eigenvalue weighted by Crippen LogP contribution is -2.33. The summed E-state index contributed by atoms with van der Waals surface area (Å²) in [4.78, 5) is 18.1. The quantitative estimate of drug-likeness (QED) is 0.0957. The van der Waals surface area contributed by atoms with Crippen molar-refractivity contribution in [2.24, 2.45) is 5.92 Å². The highest BCUT2D eigenvalue weighted by Gasteiger charge is 2.38. The van der Waals surface area contributed by atoms with Crippen LogP contribution in [0.5, 0.6) is 5.75 Å². The Morgan fingerprint density at radius 1 is 0.918 bits per heavy atom. The number of ether oxygens (including phenoxy) is 1. The zero-order valence-corrected chi connectivity index (χ0v) is 28.6. The number of fused-ring (bicyclic) bond motifs is 1. The first-order valence-corrected chi connectivity index (χ1v) is 17.9. The van der Waals surface area contributed by atoms with Gasteiger partial charge in [-0.2, -0.15) is 38.1 Å². The second-order valence-electron chi connectivity index (χ2n) is 12.3. The minimum absolute atomic E-state index is 0.0805. The molecular formula is C36H41F6N5OS. The number of aromatic nitrogens is 3. The normalized spacial score (nSPS) is 14.7. The Labute approximate surface area is 287 Å². The summed E-state index contributed by atoms with van der Waals surface area (Å²) in [6.45, 7) is 5.76. The van der Waals surface area contributed by atoms with E-state index in [0.29, 0.717) is 24.8 Å². The molecule has 0 N–H and O–H groups in total. The summed E-state index contributed by atoms with van der Waals surface area (Å²) < 4.78 is 89.8. The van der Waals surface area contributed by atoms with Gasteiger partial charge in [0.1, 0.15) is 5.82 Å². The molecule has 1 aliphatic rings. The number of anilines is 2. The van der Waals surface area contributed by atoms with Gasteiger partial charge in [0, 0.05) is 29.8 Å². The maximum Gasteiger partial charge on any atom is 0.416 e. The van der Waals surface area contributed by atoms with Crippen molar-refractivity contribution in [1.82, 2.24) is 15.0 Å². The Kier molecular flexibility index (Phi) is 11.8. The van der Waals surface area contributed by atoms with E-state index in [4.69, 9.17) is 9.72 Å². The highest BCUT2D eigenvalue weighted by molar-refractivity contribution is 7.98. The first-order chi connectivity index (χ1) is 23.4. The fourth-order valence-electron chi connectivity index (χ4n) is 6.50. The second kappa shape index (κ2) is 15.9. The van der Waals surface area contributed by atoms with Crippen LogP contribution in [0.25, 0.3) is 10.9 Å². The predicted octanol–water partition coefficient (Wildman–Crippen LogP) is 9.98. The summed E-state index contributed by atoms with van der Waals surface area (Å²) >= 11 is 1.61. The average molecular weight is 706 g/mol. The van der Waals surface area contributed by atoms with Crippen LogP contribution in [0.2, 0.25) is 0 Å². The van der Waals surface area contributed by atoms with Gasteiger partial charge in [-0.1, -0.05) is 38.0 Å². The number of benzene rings is 2. The standard InChI is InChI=1S/C36H41F6N5OS/c1-4-32(26-17-28(35(37,38)39)19-29(18-26)36(40,41)42)47(34-43-20-30(21-44-34)48-14-15-49-3)23-27-16-25-12-8-9-13-31(25)45-33(27)46(5-2)22-24-10-6-7-11-24/h8-9,12-13,16-21,24,32H,4-7,10-11,14-15,22-23H2,1-3H3. The van der Waals surface area contributed by atoms with Crippen molar-refractivity contribution in [3.05, 3.63) is 83.2 Å². The van der Waals surface area contributed by atoms with E-state index in [-0.39, 0.29) is 30.5 Å². The molecule has 1 atom stereocenters. The van der Waals surface area contributed by atoms with Gasteiger partial charge in [-0.3, -0.25) is 0 Å². The van der Waals surface area contributed by atoms with Crippen molar-refractivity contribution >= 4 is 34.4 Å². The van der Waals surface area contributed by atoms with Gasteiger partial charge in [0.05, 0.1) is 48.2 Å². The van der Waals surface area contributed by atoms with E-state index in [2.05, 4.69) is 21.8 Å². The van der Waals surface area contributed by atoms with Crippen LogP contribution in [-0.2, 0) is 18.9 Å². The number of alkyl halides is 6. The molecule has 264 valence electrons. The Hall–Kier alpha value is -3.74. The average Bonchev–Trinajstić information content (AvgIpc) is 3.60. The molecule has 0 saturated heterocycles. The van der Waals surface area contributed by atoms with E-state index in [1.54, 1.807) is 23.6 Å². The molecule has 0 spiro atoms. The fraction of sp³-hybridized carbons (Fsp3) is 0.472. The summed E-state index contributed by atoms with van der Waals surface area (Å²) in [6.07, 6.45) is -0.280. The van der Waals surface area contributed by atoms with E-state index in [9.17, 15) is 26.3 Å². The molecule has 1 fully saturated rings. The van der Waals surface area contributed by atoms with E-state index in [1.165, 1.54) is 25.2 Å². The summed E-state index contributed by atoms with van der Waals surface area (Å²) in [5.41, 5.74) is -1.31. The maximum atomic E-state index is 14.0. The summed E-state index contributed by atoms with van der Waals surface area (Å²) in [5.74, 6) is 2.53. The molecular weight excluding hydrogens is 664 g/mol. The van der Waals surface area contributed by atoms with Crippen molar-refractivity contribution in [3.63, 3.8) is 0 Å². The fourth-order valence-corrected chi connectivity index (χ4v) is 6.75. The third-order valence-electron chi connectivity index (χ3n) is 8.94. The molecule has 6 nitrogen and oxygen atoms in total. The zero-order chi connectivity index (χ0) is 35.2. The van der Waals surface area contributed by atoms with Crippen LogP contribution in [0.4, 0.5) is 38.1 Å². The highest BCUT2D eigenvalue weighted by atomic mass is 32.2. The molecule has 1 aliphatic carbocycles. The summed E-state index contributed by atoms with van der Waals surface area (Å²) in [5, 5.41) is 0.864. The number of para-hydroxylation sites is 1. The van der Waals surface area contributed by atoms with E-state index >= 15 is 0 Å². The summed E-state index contributed by atoms with van der Waals surface area (Å²) in [6, 6.07) is 10.5. The minimum Gasteiger partial charge on any atom is -0.489 e. The van der Waals surface area contributed by atoms with Crippen LogP contribution >= 0.6 is 11.8 Å². The predicted molar refractivity (Wildman–Crippen MR) is 183 cm³/mol. The molecule has 0 bridgehead atoms. The van der Waals surface area contributed by atoms with Gasteiger partial charge in [0.25, 0.3) is 0 Å². The van der Waals surface area contributed by atoms with Crippen molar-refractivity contribution in [2.45, 2.75) is 70.9 Å². The van der Waals surface area contributed by atoms with Gasteiger partial charge in [0.2, 0.25) is 5.95 Å². The summed E-state index contributed by atoms with van der Waals surface area (Å²) in [7, 11) is 0. The number of pyridine rings is 1. The minimum atomic E-state index is -4.98. The molecule has 5 rings (SSSR count). The smallest absolute Gasteiger partial charge is 0.416 e. The molecule has 2 aromatic carbocycles. The first kappa shape index (κ1) is 36.5. The van der Waals surface area contributed by atoms with Crippen LogP contribution < -0.4 is 14.5 Å². The van der Waals surface area contributed by atoms with E-state index in [0.717, 1.165) is 59.6 Å². The molecule has 2 aromatic heterocycles. The molecule has 13 heteroatoms. The molecule has 4 aromatic rings. The largest absolute Gasteiger partial charge is 0.489 e. The first-order valence-electron chi connectivity index (χ1n) is 16.5. The van der Waals surface area contributed by atoms with Crippen molar-refractivity contribution in [3.8, 4) is 5.75 Å². The Morgan fingerprint density at radius 2 is 1.57 bits per heavy atom. The Balaban J connectivity index is 1.65. The van der Waals surface area contributed by atoms with Crippen LogP contribution in [0.3, 0.4) is 0 Å². The van der Waals surface area contributed by atoms with Gasteiger partial charge in [0.15, 0.2) is 5.75 Å². The van der Waals surface area contributed by atoms with Crippen LogP contribution in [0.1, 0.15) is 74.2 Å².